The Kier molecular flexibility index (Phi) is 6.11. The van der Waals surface area contributed by atoms with Crippen molar-refractivity contribution in [3.05, 3.63) is 42.1 Å². The van der Waals surface area contributed by atoms with Crippen LogP contribution in [0.25, 0.3) is 5.82 Å². The number of imidazole rings is 1. The lowest BCUT2D eigenvalue weighted by molar-refractivity contribution is 0.265. The van der Waals surface area contributed by atoms with Crippen LogP contribution in [0.3, 0.4) is 0 Å². The maximum Gasteiger partial charge on any atom is 0.191 e. The second-order valence-electron chi connectivity index (χ2n) is 7.53. The number of aryl methyl sites for hydroxylation is 1. The summed E-state index contributed by atoms with van der Waals surface area (Å²) in [6.45, 7) is 11.6. The highest BCUT2D eigenvalue weighted by Gasteiger charge is 2.31. The first-order valence-electron chi connectivity index (χ1n) is 9.65. The summed E-state index contributed by atoms with van der Waals surface area (Å²) in [7, 11) is 1.82. The number of aromatic nitrogens is 3. The molecule has 3 rings (SSSR count). The average Bonchev–Trinajstić information content (AvgIpc) is 3.24. The highest BCUT2D eigenvalue weighted by Crippen LogP contribution is 2.18. The number of likely N-dealkylation sites (tertiary alicyclic amines) is 1. The Hall–Kier alpha value is -2.41. The zero-order valence-electron chi connectivity index (χ0n) is 17.0. The van der Waals surface area contributed by atoms with Crippen molar-refractivity contribution < 1.29 is 0 Å². The van der Waals surface area contributed by atoms with E-state index in [2.05, 4.69) is 57.3 Å². The number of aliphatic imine (C=N–C) groups is 1. The Morgan fingerprint density at radius 3 is 2.74 bits per heavy atom. The summed E-state index contributed by atoms with van der Waals surface area (Å²) in [6.07, 6.45) is 5.55. The fraction of sp³-hybridized carbons (Fsp3) is 0.550. The number of nitrogens with one attached hydrogen (secondary N) is 2. The van der Waals surface area contributed by atoms with Crippen molar-refractivity contribution in [2.75, 3.05) is 20.1 Å². The van der Waals surface area contributed by atoms with Gasteiger partial charge in [-0.05, 0) is 32.8 Å². The minimum atomic E-state index is 0.405. The van der Waals surface area contributed by atoms with E-state index < -0.39 is 0 Å². The van der Waals surface area contributed by atoms with E-state index in [1.54, 1.807) is 6.20 Å². The molecule has 2 unspecified atom stereocenters. The molecule has 1 fully saturated rings. The number of guanidine groups is 1. The normalized spacial score (nSPS) is 21.0. The van der Waals surface area contributed by atoms with Gasteiger partial charge in [-0.2, -0.15) is 0 Å². The van der Waals surface area contributed by atoms with Crippen molar-refractivity contribution in [3.63, 3.8) is 0 Å². The molecule has 0 bridgehead atoms. The smallest absolute Gasteiger partial charge is 0.191 e. The van der Waals surface area contributed by atoms with Gasteiger partial charge in [-0.15, -0.1) is 0 Å². The molecule has 0 amide bonds. The maximum atomic E-state index is 4.55. The van der Waals surface area contributed by atoms with Gasteiger partial charge in [-0.3, -0.25) is 14.5 Å². The van der Waals surface area contributed by atoms with Gasteiger partial charge >= 0.3 is 0 Å². The molecule has 1 saturated heterocycles. The molecule has 1 aliphatic heterocycles. The highest BCUT2D eigenvalue weighted by atomic mass is 15.3. The lowest BCUT2D eigenvalue weighted by Crippen LogP contribution is -2.46. The Morgan fingerprint density at radius 2 is 2.11 bits per heavy atom. The molecule has 2 aromatic heterocycles. The molecule has 0 saturated carbocycles. The van der Waals surface area contributed by atoms with Gasteiger partial charge in [0, 0.05) is 62.9 Å². The Labute approximate surface area is 161 Å². The van der Waals surface area contributed by atoms with Crippen LogP contribution in [0.5, 0.6) is 0 Å². The Morgan fingerprint density at radius 1 is 1.30 bits per heavy atom. The van der Waals surface area contributed by atoms with Crippen molar-refractivity contribution in [1.82, 2.24) is 30.1 Å². The number of rotatable bonds is 5. The molecule has 3 heterocycles. The van der Waals surface area contributed by atoms with E-state index in [4.69, 9.17) is 0 Å². The Balaban J connectivity index is 1.65. The third kappa shape index (κ3) is 4.47. The summed E-state index contributed by atoms with van der Waals surface area (Å²) in [5.74, 6) is 3.24. The van der Waals surface area contributed by atoms with E-state index >= 15 is 0 Å². The monoisotopic (exact) mass is 369 g/mol. The molecule has 0 aromatic carbocycles. The van der Waals surface area contributed by atoms with E-state index in [-0.39, 0.29) is 0 Å². The van der Waals surface area contributed by atoms with Gasteiger partial charge in [0.25, 0.3) is 0 Å². The molecular formula is C20H31N7. The van der Waals surface area contributed by atoms with Crippen LogP contribution in [-0.4, -0.2) is 57.6 Å². The van der Waals surface area contributed by atoms with Crippen LogP contribution in [0.2, 0.25) is 0 Å². The second-order valence-corrected chi connectivity index (χ2v) is 7.53. The minimum absolute atomic E-state index is 0.405. The topological polar surface area (TPSA) is 70.4 Å². The van der Waals surface area contributed by atoms with Crippen LogP contribution < -0.4 is 10.6 Å². The molecule has 2 aromatic rings. The van der Waals surface area contributed by atoms with Crippen molar-refractivity contribution in [1.29, 1.82) is 0 Å². The summed E-state index contributed by atoms with van der Waals surface area (Å²) in [6, 6.07) is 5.02. The van der Waals surface area contributed by atoms with Crippen molar-refractivity contribution in [2.45, 2.75) is 46.3 Å². The largest absolute Gasteiger partial charge is 0.352 e. The number of hydrogen-bond acceptors (Lipinski definition) is 4. The van der Waals surface area contributed by atoms with E-state index in [9.17, 15) is 0 Å². The van der Waals surface area contributed by atoms with Gasteiger partial charge in [0.1, 0.15) is 11.6 Å². The first kappa shape index (κ1) is 19.4. The summed E-state index contributed by atoms with van der Waals surface area (Å²) >= 11 is 0. The van der Waals surface area contributed by atoms with E-state index in [0.29, 0.717) is 24.5 Å². The third-order valence-corrected chi connectivity index (χ3v) is 5.28. The molecule has 2 atom stereocenters. The van der Waals surface area contributed by atoms with E-state index in [1.165, 1.54) is 0 Å². The van der Waals surface area contributed by atoms with Crippen LogP contribution in [0.1, 0.15) is 32.2 Å². The van der Waals surface area contributed by atoms with Crippen molar-refractivity contribution in [2.24, 2.45) is 10.9 Å². The molecule has 7 heteroatoms. The summed E-state index contributed by atoms with van der Waals surface area (Å²) in [5.41, 5.74) is 1.10. The summed E-state index contributed by atoms with van der Waals surface area (Å²) in [4.78, 5) is 15.8. The predicted molar refractivity (Wildman–Crippen MR) is 109 cm³/mol. The van der Waals surface area contributed by atoms with Gasteiger partial charge in [0.05, 0.1) is 0 Å². The zero-order chi connectivity index (χ0) is 19.4. The molecule has 0 radical (unpaired) electrons. The lowest BCUT2D eigenvalue weighted by atomic mass is 10.1. The molecule has 0 aliphatic carbocycles. The fourth-order valence-electron chi connectivity index (χ4n) is 3.55. The lowest BCUT2D eigenvalue weighted by Gasteiger charge is -2.22. The second kappa shape index (κ2) is 8.52. The fourth-order valence-corrected chi connectivity index (χ4v) is 3.55. The number of pyridine rings is 1. The maximum absolute atomic E-state index is 4.55. The zero-order valence-corrected chi connectivity index (χ0v) is 17.0. The molecule has 146 valence electrons. The van der Waals surface area contributed by atoms with Gasteiger partial charge in [0.2, 0.25) is 0 Å². The van der Waals surface area contributed by atoms with Gasteiger partial charge < -0.3 is 10.6 Å². The van der Waals surface area contributed by atoms with Crippen LogP contribution in [0, 0.1) is 12.8 Å². The van der Waals surface area contributed by atoms with E-state index in [0.717, 1.165) is 36.3 Å². The standard InChI is InChI=1S/C20H31N7/c1-14(2)26-12-15(3)18(13-26)25-20(21-5)24-11-17-7-6-8-23-19(17)27-10-9-22-16(27)4/h6-10,14-15,18H,11-13H2,1-5H3,(H2,21,24,25). The molecule has 1 aliphatic rings. The van der Waals surface area contributed by atoms with Gasteiger partial charge in [-0.25, -0.2) is 9.97 Å². The van der Waals surface area contributed by atoms with Crippen LogP contribution in [-0.2, 0) is 6.54 Å². The Bertz CT molecular complexity index is 780. The first-order valence-corrected chi connectivity index (χ1v) is 9.65. The van der Waals surface area contributed by atoms with Crippen molar-refractivity contribution in [3.8, 4) is 5.82 Å². The molecule has 2 N–H and O–H groups in total. The van der Waals surface area contributed by atoms with Crippen molar-refractivity contribution >= 4 is 5.96 Å². The highest BCUT2D eigenvalue weighted by molar-refractivity contribution is 5.80. The van der Waals surface area contributed by atoms with E-state index in [1.807, 2.05) is 37.0 Å². The first-order chi connectivity index (χ1) is 13.0. The van der Waals surface area contributed by atoms with Gasteiger partial charge in [0.15, 0.2) is 5.96 Å². The molecule has 7 nitrogen and oxygen atoms in total. The summed E-state index contributed by atoms with van der Waals surface area (Å²) < 4.78 is 2.01. The third-order valence-electron chi connectivity index (χ3n) is 5.28. The van der Waals surface area contributed by atoms with Gasteiger partial charge in [-0.1, -0.05) is 13.0 Å². The van der Waals surface area contributed by atoms with Crippen LogP contribution in [0.15, 0.2) is 35.7 Å². The van der Waals surface area contributed by atoms with Crippen LogP contribution >= 0.6 is 0 Å². The quantitative estimate of drug-likeness (QED) is 0.623. The summed E-state index contributed by atoms with van der Waals surface area (Å²) in [5, 5.41) is 7.04. The SMILES string of the molecule is CN=C(NCc1cccnc1-n1ccnc1C)NC1CN(C(C)C)CC1C. The minimum Gasteiger partial charge on any atom is -0.352 e. The average molecular weight is 370 g/mol. The number of nitrogens with zero attached hydrogens (tertiary/aromatic N) is 5. The molecule has 0 spiro atoms. The molecule has 27 heavy (non-hydrogen) atoms. The number of hydrogen-bond donors (Lipinski definition) is 2. The van der Waals surface area contributed by atoms with Crippen LogP contribution in [0.4, 0.5) is 0 Å². The molecular weight excluding hydrogens is 338 g/mol. The predicted octanol–water partition coefficient (Wildman–Crippen LogP) is 1.97.